The minimum absolute atomic E-state index is 0.332. The van der Waals surface area contributed by atoms with Gasteiger partial charge in [-0.2, -0.15) is 0 Å². The molecule has 0 aromatic rings. The van der Waals surface area contributed by atoms with Crippen molar-refractivity contribution in [3.63, 3.8) is 0 Å². The summed E-state index contributed by atoms with van der Waals surface area (Å²) >= 11 is 0. The van der Waals surface area contributed by atoms with Gasteiger partial charge in [-0.1, -0.05) is 149 Å². The molecule has 0 fully saturated rings. The molecule has 0 heterocycles. The third-order valence-electron chi connectivity index (χ3n) is 7.95. The second-order valence-electron chi connectivity index (χ2n) is 11.4. The zero-order chi connectivity index (χ0) is 27.6. The van der Waals surface area contributed by atoms with Crippen LogP contribution >= 0.6 is 0 Å². The maximum Gasteiger partial charge on any atom is 0.121 e. The maximum absolute atomic E-state index is 11.7. The molecule has 0 aromatic heterocycles. The lowest BCUT2D eigenvalue weighted by Gasteiger charge is -2.41. The molecule has 0 bridgehead atoms. The van der Waals surface area contributed by atoms with Crippen molar-refractivity contribution < 1.29 is 25.2 Å². The molecule has 5 nitrogen and oxygen atoms in total. The number of aliphatic hydroxyl groups is 4. The van der Waals surface area contributed by atoms with Crippen LogP contribution in [0, 0.1) is 0 Å². The van der Waals surface area contributed by atoms with Crippen LogP contribution in [0.25, 0.3) is 0 Å². The fraction of sp³-hybridized carbons (Fsp3) is 1.00. The SMILES string of the molecule is CCCCCCCCCO[C@H](CO)[C@@](O)(CCCCCCCCC)[C@@H](O)C(O)CCCCCCCCC. The lowest BCUT2D eigenvalue weighted by atomic mass is 9.81. The summed E-state index contributed by atoms with van der Waals surface area (Å²) in [5, 5.41) is 43.7. The van der Waals surface area contributed by atoms with E-state index in [1.54, 1.807) is 0 Å². The fourth-order valence-electron chi connectivity index (χ4n) is 5.31. The molecule has 0 amide bonds. The van der Waals surface area contributed by atoms with Gasteiger partial charge in [-0.15, -0.1) is 0 Å². The minimum Gasteiger partial charge on any atom is -0.394 e. The first-order valence-corrected chi connectivity index (χ1v) is 16.3. The second-order valence-corrected chi connectivity index (χ2v) is 11.4. The van der Waals surface area contributed by atoms with E-state index in [1.807, 2.05) is 0 Å². The van der Waals surface area contributed by atoms with Crippen LogP contribution in [-0.4, -0.2) is 57.6 Å². The standard InChI is InChI=1S/C32H66O5/c1-4-7-10-13-16-19-22-25-29(34)31(35)32(36,26-23-20-17-14-11-8-5-2)30(28-33)37-27-24-21-18-15-12-9-6-3/h29-31,33-36H,4-28H2,1-3H3/t29?,30-,31+,32+/m1/s1. The Kier molecular flexibility index (Phi) is 25.9. The number of ether oxygens (including phenoxy) is 1. The summed E-state index contributed by atoms with van der Waals surface area (Å²) in [6.07, 6.45) is 21.5. The maximum atomic E-state index is 11.7. The van der Waals surface area contributed by atoms with Gasteiger partial charge in [0.1, 0.15) is 17.8 Å². The molecule has 0 spiro atoms. The molecule has 0 saturated carbocycles. The van der Waals surface area contributed by atoms with Crippen LogP contribution in [0.15, 0.2) is 0 Å². The minimum atomic E-state index is -1.64. The van der Waals surface area contributed by atoms with Crippen molar-refractivity contribution in [2.24, 2.45) is 0 Å². The van der Waals surface area contributed by atoms with Crippen LogP contribution in [-0.2, 0) is 4.74 Å². The van der Waals surface area contributed by atoms with Gasteiger partial charge in [0.2, 0.25) is 0 Å². The smallest absolute Gasteiger partial charge is 0.121 e. The number of unbranched alkanes of at least 4 members (excludes halogenated alkanes) is 18. The Bertz CT molecular complexity index is 456. The Hall–Kier alpha value is -0.200. The zero-order valence-corrected chi connectivity index (χ0v) is 25.1. The molecule has 37 heavy (non-hydrogen) atoms. The van der Waals surface area contributed by atoms with E-state index >= 15 is 0 Å². The van der Waals surface area contributed by atoms with Crippen molar-refractivity contribution in [3.05, 3.63) is 0 Å². The van der Waals surface area contributed by atoms with Crippen LogP contribution in [0.5, 0.6) is 0 Å². The van der Waals surface area contributed by atoms with Crippen molar-refractivity contribution in [3.8, 4) is 0 Å². The molecule has 1 unspecified atom stereocenters. The molecule has 5 heteroatoms. The van der Waals surface area contributed by atoms with E-state index in [2.05, 4.69) is 20.8 Å². The molecule has 4 atom stereocenters. The molecule has 0 aliphatic carbocycles. The summed E-state index contributed by atoms with van der Waals surface area (Å²) in [7, 11) is 0. The highest BCUT2D eigenvalue weighted by Gasteiger charge is 2.46. The van der Waals surface area contributed by atoms with Crippen LogP contribution in [0.1, 0.15) is 168 Å². The molecule has 0 aromatic carbocycles. The largest absolute Gasteiger partial charge is 0.394 e. The van der Waals surface area contributed by atoms with Crippen LogP contribution in [0.2, 0.25) is 0 Å². The van der Waals surface area contributed by atoms with Gasteiger partial charge in [0.15, 0.2) is 0 Å². The molecule has 0 radical (unpaired) electrons. The summed E-state index contributed by atoms with van der Waals surface area (Å²) in [6, 6.07) is 0. The number of hydrogen-bond acceptors (Lipinski definition) is 5. The van der Waals surface area contributed by atoms with Gasteiger partial charge in [0.05, 0.1) is 12.7 Å². The van der Waals surface area contributed by atoms with Crippen LogP contribution < -0.4 is 0 Å². The van der Waals surface area contributed by atoms with Crippen molar-refractivity contribution in [1.29, 1.82) is 0 Å². The summed E-state index contributed by atoms with van der Waals surface area (Å²) in [5.41, 5.74) is -1.64. The highest BCUT2D eigenvalue weighted by atomic mass is 16.5. The summed E-state index contributed by atoms with van der Waals surface area (Å²) < 4.78 is 5.98. The van der Waals surface area contributed by atoms with Crippen molar-refractivity contribution in [2.75, 3.05) is 13.2 Å². The second kappa shape index (κ2) is 26.0. The summed E-state index contributed by atoms with van der Waals surface area (Å²) in [4.78, 5) is 0. The van der Waals surface area contributed by atoms with E-state index in [0.29, 0.717) is 19.4 Å². The predicted molar refractivity (Wildman–Crippen MR) is 157 cm³/mol. The van der Waals surface area contributed by atoms with Crippen molar-refractivity contribution in [2.45, 2.75) is 192 Å². The topological polar surface area (TPSA) is 90.2 Å². The Balaban J connectivity index is 4.79. The van der Waals surface area contributed by atoms with Crippen LogP contribution in [0.3, 0.4) is 0 Å². The van der Waals surface area contributed by atoms with Gasteiger partial charge in [0.25, 0.3) is 0 Å². The number of aliphatic hydroxyl groups excluding tert-OH is 3. The monoisotopic (exact) mass is 530 g/mol. The van der Waals surface area contributed by atoms with Gasteiger partial charge in [-0.25, -0.2) is 0 Å². The van der Waals surface area contributed by atoms with E-state index in [-0.39, 0.29) is 6.61 Å². The Morgan fingerprint density at radius 1 is 0.568 bits per heavy atom. The van der Waals surface area contributed by atoms with Gasteiger partial charge in [-0.05, 0) is 19.3 Å². The average molecular weight is 531 g/mol. The lowest BCUT2D eigenvalue weighted by Crippen LogP contribution is -2.58. The molecule has 224 valence electrons. The Morgan fingerprint density at radius 3 is 1.43 bits per heavy atom. The average Bonchev–Trinajstić information content (AvgIpc) is 2.90. The molecular formula is C32H66O5. The van der Waals surface area contributed by atoms with E-state index in [0.717, 1.165) is 51.4 Å². The van der Waals surface area contributed by atoms with Gasteiger partial charge < -0.3 is 25.2 Å². The molecule has 0 rings (SSSR count). The normalized spacial score (nSPS) is 16.0. The van der Waals surface area contributed by atoms with Crippen LogP contribution in [0.4, 0.5) is 0 Å². The Labute approximate surface area is 230 Å². The summed E-state index contributed by atoms with van der Waals surface area (Å²) in [5.74, 6) is 0. The molecule has 0 aliphatic rings. The van der Waals surface area contributed by atoms with Gasteiger partial charge in [0, 0.05) is 6.61 Å². The first kappa shape index (κ1) is 36.8. The van der Waals surface area contributed by atoms with E-state index in [9.17, 15) is 20.4 Å². The highest BCUT2D eigenvalue weighted by molar-refractivity contribution is 4.97. The van der Waals surface area contributed by atoms with Crippen molar-refractivity contribution >= 4 is 0 Å². The number of hydrogen-bond donors (Lipinski definition) is 4. The molecule has 4 N–H and O–H groups in total. The first-order chi connectivity index (χ1) is 18.0. The molecular weight excluding hydrogens is 464 g/mol. The molecule has 0 saturated heterocycles. The van der Waals surface area contributed by atoms with Gasteiger partial charge in [-0.3, -0.25) is 0 Å². The first-order valence-electron chi connectivity index (χ1n) is 16.3. The van der Waals surface area contributed by atoms with E-state index in [1.165, 1.54) is 83.5 Å². The quantitative estimate of drug-likeness (QED) is 0.0739. The van der Waals surface area contributed by atoms with Crippen molar-refractivity contribution in [1.82, 2.24) is 0 Å². The third kappa shape index (κ3) is 18.7. The van der Waals surface area contributed by atoms with Gasteiger partial charge >= 0.3 is 0 Å². The lowest BCUT2D eigenvalue weighted by molar-refractivity contribution is -0.205. The fourth-order valence-corrected chi connectivity index (χ4v) is 5.31. The Morgan fingerprint density at radius 2 is 0.973 bits per heavy atom. The zero-order valence-electron chi connectivity index (χ0n) is 25.1. The summed E-state index contributed by atoms with van der Waals surface area (Å²) in [6.45, 7) is 6.74. The third-order valence-corrected chi connectivity index (χ3v) is 7.95. The molecule has 0 aliphatic heterocycles. The highest BCUT2D eigenvalue weighted by Crippen LogP contribution is 2.30. The van der Waals surface area contributed by atoms with E-state index < -0.39 is 23.9 Å². The van der Waals surface area contributed by atoms with E-state index in [4.69, 9.17) is 4.74 Å². The predicted octanol–water partition coefficient (Wildman–Crippen LogP) is 7.85. The number of rotatable bonds is 29.